The molecule has 0 spiro atoms. The van der Waals surface area contributed by atoms with Gasteiger partial charge in [0.05, 0.1) is 29.4 Å². The summed E-state index contributed by atoms with van der Waals surface area (Å²) in [4.78, 5) is 22.6. The van der Waals surface area contributed by atoms with Gasteiger partial charge in [-0.25, -0.2) is 4.98 Å². The first-order valence-electron chi connectivity index (χ1n) is 8.64. The van der Waals surface area contributed by atoms with Crippen molar-refractivity contribution in [3.8, 4) is 0 Å². The number of rotatable bonds is 4. The molecule has 0 atom stereocenters. The summed E-state index contributed by atoms with van der Waals surface area (Å²) >= 11 is 12.2. The maximum atomic E-state index is 13.0. The fourth-order valence-electron chi connectivity index (χ4n) is 3.21. The number of carbonyl (C=O) groups is 1. The minimum Gasteiger partial charge on any atom is -0.379 e. The SMILES string of the molecule is O=C(Nc1ccccc1Cl)c1[nH]c2cc(Cl)ncc2c1CN1CCOCC1. The zero-order valence-electron chi connectivity index (χ0n) is 14.5. The second-order valence-corrected chi connectivity index (χ2v) is 7.15. The number of aromatic nitrogens is 2. The summed E-state index contributed by atoms with van der Waals surface area (Å²) < 4.78 is 5.42. The van der Waals surface area contributed by atoms with E-state index in [2.05, 4.69) is 20.2 Å². The van der Waals surface area contributed by atoms with Gasteiger partial charge in [0, 0.05) is 36.8 Å². The van der Waals surface area contributed by atoms with Crippen LogP contribution in [0.5, 0.6) is 0 Å². The molecule has 0 radical (unpaired) electrons. The van der Waals surface area contributed by atoms with Crippen molar-refractivity contribution in [3.63, 3.8) is 0 Å². The van der Waals surface area contributed by atoms with Gasteiger partial charge in [-0.2, -0.15) is 0 Å². The van der Waals surface area contributed by atoms with Gasteiger partial charge in [0.1, 0.15) is 10.8 Å². The first kappa shape index (κ1) is 18.3. The molecule has 27 heavy (non-hydrogen) atoms. The number of nitrogens with zero attached hydrogens (tertiary/aromatic N) is 2. The van der Waals surface area contributed by atoms with Gasteiger partial charge in [-0.05, 0) is 18.2 Å². The maximum absolute atomic E-state index is 13.0. The maximum Gasteiger partial charge on any atom is 0.272 e. The molecule has 1 aromatic carbocycles. The second kappa shape index (κ2) is 7.86. The van der Waals surface area contributed by atoms with E-state index in [0.29, 0.717) is 41.3 Å². The second-order valence-electron chi connectivity index (χ2n) is 6.35. The van der Waals surface area contributed by atoms with Crippen LogP contribution in [0.1, 0.15) is 16.1 Å². The fourth-order valence-corrected chi connectivity index (χ4v) is 3.55. The predicted octanol–water partition coefficient (Wildman–Crippen LogP) is 3.95. The minimum atomic E-state index is -0.251. The molecule has 1 fully saturated rings. The van der Waals surface area contributed by atoms with Crippen LogP contribution in [0, 0.1) is 0 Å². The quantitative estimate of drug-likeness (QED) is 0.645. The van der Waals surface area contributed by atoms with Crippen LogP contribution in [0.15, 0.2) is 36.5 Å². The van der Waals surface area contributed by atoms with Gasteiger partial charge in [0.15, 0.2) is 0 Å². The van der Waals surface area contributed by atoms with E-state index in [-0.39, 0.29) is 5.91 Å². The number of morpholine rings is 1. The zero-order chi connectivity index (χ0) is 18.8. The number of halogens is 2. The molecule has 1 amide bonds. The van der Waals surface area contributed by atoms with Gasteiger partial charge in [0.2, 0.25) is 0 Å². The molecule has 6 nitrogen and oxygen atoms in total. The Kier molecular flexibility index (Phi) is 5.31. The van der Waals surface area contributed by atoms with E-state index >= 15 is 0 Å². The number of hydrogen-bond acceptors (Lipinski definition) is 4. The highest BCUT2D eigenvalue weighted by molar-refractivity contribution is 6.34. The predicted molar refractivity (Wildman–Crippen MR) is 107 cm³/mol. The Hall–Kier alpha value is -2.12. The highest BCUT2D eigenvalue weighted by atomic mass is 35.5. The van der Waals surface area contributed by atoms with Crippen molar-refractivity contribution in [3.05, 3.63) is 58.0 Å². The lowest BCUT2D eigenvalue weighted by Gasteiger charge is -2.26. The van der Waals surface area contributed by atoms with Gasteiger partial charge in [-0.1, -0.05) is 35.3 Å². The molecule has 8 heteroatoms. The van der Waals surface area contributed by atoms with Crippen LogP contribution in [0.4, 0.5) is 5.69 Å². The lowest BCUT2D eigenvalue weighted by Crippen LogP contribution is -2.36. The first-order valence-corrected chi connectivity index (χ1v) is 9.39. The molecule has 140 valence electrons. The van der Waals surface area contributed by atoms with Crippen molar-refractivity contribution in [2.24, 2.45) is 0 Å². The van der Waals surface area contributed by atoms with E-state index in [1.807, 2.05) is 12.1 Å². The third-order valence-corrected chi connectivity index (χ3v) is 5.13. The highest BCUT2D eigenvalue weighted by Gasteiger charge is 2.22. The zero-order valence-corrected chi connectivity index (χ0v) is 16.0. The third-order valence-electron chi connectivity index (χ3n) is 4.59. The van der Waals surface area contributed by atoms with Crippen LogP contribution in [0.3, 0.4) is 0 Å². The fraction of sp³-hybridized carbons (Fsp3) is 0.263. The first-order chi connectivity index (χ1) is 13.1. The Labute approximate surface area is 166 Å². The van der Waals surface area contributed by atoms with Crippen molar-refractivity contribution < 1.29 is 9.53 Å². The number of ether oxygens (including phenoxy) is 1. The van der Waals surface area contributed by atoms with Gasteiger partial charge in [-0.15, -0.1) is 0 Å². The van der Waals surface area contributed by atoms with Crippen molar-refractivity contribution in [2.45, 2.75) is 6.54 Å². The molecule has 1 aliphatic heterocycles. The van der Waals surface area contributed by atoms with E-state index < -0.39 is 0 Å². The smallest absolute Gasteiger partial charge is 0.272 e. The molecular weight excluding hydrogens is 387 g/mol. The molecule has 2 aromatic heterocycles. The molecular formula is C19H18Cl2N4O2. The summed E-state index contributed by atoms with van der Waals surface area (Å²) in [6.45, 7) is 3.64. The summed E-state index contributed by atoms with van der Waals surface area (Å²) in [7, 11) is 0. The van der Waals surface area contributed by atoms with Crippen LogP contribution < -0.4 is 5.32 Å². The van der Waals surface area contributed by atoms with Crippen molar-refractivity contribution in [1.29, 1.82) is 0 Å². The third kappa shape index (κ3) is 3.94. The summed E-state index contributed by atoms with van der Waals surface area (Å²) in [5, 5.41) is 4.63. The van der Waals surface area contributed by atoms with E-state index in [1.54, 1.807) is 24.4 Å². The monoisotopic (exact) mass is 404 g/mol. The molecule has 1 saturated heterocycles. The van der Waals surface area contributed by atoms with Crippen LogP contribution in [0.2, 0.25) is 10.2 Å². The molecule has 2 N–H and O–H groups in total. The summed E-state index contributed by atoms with van der Waals surface area (Å²) in [5.41, 5.74) is 2.72. The summed E-state index contributed by atoms with van der Waals surface area (Å²) in [6.07, 6.45) is 1.70. The number of carbonyl (C=O) groups excluding carboxylic acids is 1. The van der Waals surface area contributed by atoms with Crippen LogP contribution >= 0.6 is 23.2 Å². The van der Waals surface area contributed by atoms with Gasteiger partial charge >= 0.3 is 0 Å². The lowest BCUT2D eigenvalue weighted by molar-refractivity contribution is 0.0342. The van der Waals surface area contributed by atoms with Crippen molar-refractivity contribution in [2.75, 3.05) is 31.6 Å². The number of nitrogens with one attached hydrogen (secondary N) is 2. The molecule has 4 rings (SSSR count). The summed E-state index contributed by atoms with van der Waals surface area (Å²) in [5.74, 6) is -0.251. The molecule has 1 aliphatic rings. The number of fused-ring (bicyclic) bond motifs is 1. The average Bonchev–Trinajstić information content (AvgIpc) is 3.02. The number of anilines is 1. The average molecular weight is 405 g/mol. The number of aromatic amines is 1. The van der Waals surface area contributed by atoms with E-state index in [4.69, 9.17) is 27.9 Å². The number of pyridine rings is 1. The highest BCUT2D eigenvalue weighted by Crippen LogP contribution is 2.27. The Bertz CT molecular complexity index is 983. The number of hydrogen-bond donors (Lipinski definition) is 2. The molecule has 0 bridgehead atoms. The van der Waals surface area contributed by atoms with Crippen LogP contribution in [-0.4, -0.2) is 47.1 Å². The standard InChI is InChI=1S/C19H18Cl2N4O2/c20-14-3-1-2-4-15(14)24-19(26)18-13(11-25-5-7-27-8-6-25)12-10-22-17(21)9-16(12)23-18/h1-4,9-10,23H,5-8,11H2,(H,24,26). The van der Waals surface area contributed by atoms with Gasteiger partial charge in [-0.3, -0.25) is 9.69 Å². The Morgan fingerprint density at radius 3 is 2.81 bits per heavy atom. The van der Waals surface area contributed by atoms with Crippen LogP contribution in [0.25, 0.3) is 10.9 Å². The minimum absolute atomic E-state index is 0.251. The van der Waals surface area contributed by atoms with Crippen molar-refractivity contribution >= 4 is 45.7 Å². The number of amides is 1. The molecule has 0 unspecified atom stereocenters. The van der Waals surface area contributed by atoms with E-state index in [1.165, 1.54) is 0 Å². The topological polar surface area (TPSA) is 70.2 Å². The Balaban J connectivity index is 1.70. The lowest BCUT2D eigenvalue weighted by atomic mass is 10.1. The molecule has 0 saturated carbocycles. The van der Waals surface area contributed by atoms with Crippen LogP contribution in [-0.2, 0) is 11.3 Å². The van der Waals surface area contributed by atoms with Gasteiger partial charge < -0.3 is 15.0 Å². The van der Waals surface area contributed by atoms with Crippen molar-refractivity contribution in [1.82, 2.24) is 14.9 Å². The molecule has 3 aromatic rings. The van der Waals surface area contributed by atoms with E-state index in [9.17, 15) is 4.79 Å². The Morgan fingerprint density at radius 2 is 2.04 bits per heavy atom. The summed E-state index contributed by atoms with van der Waals surface area (Å²) in [6, 6.07) is 8.87. The number of para-hydroxylation sites is 1. The normalized spacial score (nSPS) is 15.2. The van der Waals surface area contributed by atoms with E-state index in [0.717, 1.165) is 29.6 Å². The number of H-pyrrole nitrogens is 1. The van der Waals surface area contributed by atoms with Gasteiger partial charge in [0.25, 0.3) is 5.91 Å². The largest absolute Gasteiger partial charge is 0.379 e. The molecule has 0 aliphatic carbocycles. The Morgan fingerprint density at radius 1 is 1.26 bits per heavy atom. The molecule has 3 heterocycles. The number of benzene rings is 1.